The number of likely N-dealkylation sites (N-methyl/N-ethyl adjacent to an activating group) is 1. The first-order chi connectivity index (χ1) is 22.5. The number of nitrogens with one attached hydrogen (secondary N) is 6. The van der Waals surface area contributed by atoms with Gasteiger partial charge in [-0.1, -0.05) is 42.5 Å². The average molecular weight is 639 g/mol. The van der Waals surface area contributed by atoms with Crippen LogP contribution in [0.15, 0.2) is 102 Å². The maximum absolute atomic E-state index is 13.4. The Hall–Kier alpha value is -5.17. The van der Waals surface area contributed by atoms with E-state index >= 15 is 0 Å². The standard InChI is InChI=1S/C35H42N8O4/c1-35(2)31-28(21-43(35)34(47)39-29(22-44)23-10-6-5-7-11-23)32(41-40-31)37-26-12-8-13-27(20-26)38-33(46)24-15-17-25(18-16-24)36-30(45)14-9-19-42(3)4/h5-18,20,29,32,37,40-41,44H,19,21-22H2,1-4H3,(H,36,45)(H,38,46)(H,39,47)/b14-9+/t29-,32?/m1/s1. The van der Waals surface area contributed by atoms with E-state index in [1.165, 1.54) is 6.08 Å². The molecule has 0 radical (unpaired) electrons. The van der Waals surface area contributed by atoms with Gasteiger partial charge in [-0.15, -0.1) is 0 Å². The molecule has 0 aromatic heterocycles. The smallest absolute Gasteiger partial charge is 0.319 e. The average Bonchev–Trinajstić information content (AvgIpc) is 3.57. The molecule has 2 aliphatic rings. The Morgan fingerprint density at radius 3 is 2.40 bits per heavy atom. The molecule has 4 amide bonds. The summed E-state index contributed by atoms with van der Waals surface area (Å²) in [5.74, 6) is -0.522. The van der Waals surface area contributed by atoms with Crippen LogP contribution in [0.4, 0.5) is 21.9 Å². The van der Waals surface area contributed by atoms with Crippen LogP contribution in [-0.2, 0) is 4.79 Å². The molecule has 246 valence electrons. The minimum atomic E-state index is -0.628. The lowest BCUT2D eigenvalue weighted by atomic mass is 10.0. The first-order valence-corrected chi connectivity index (χ1v) is 15.4. The van der Waals surface area contributed by atoms with Crippen molar-refractivity contribution in [3.63, 3.8) is 0 Å². The number of carbonyl (C=O) groups is 3. The molecule has 1 unspecified atom stereocenters. The van der Waals surface area contributed by atoms with E-state index < -0.39 is 11.6 Å². The number of hydrogen-bond acceptors (Lipinski definition) is 8. The number of amides is 4. The monoisotopic (exact) mass is 638 g/mol. The topological polar surface area (TPSA) is 150 Å². The Morgan fingerprint density at radius 1 is 0.979 bits per heavy atom. The van der Waals surface area contributed by atoms with Gasteiger partial charge in [0.25, 0.3) is 5.91 Å². The molecular formula is C35H42N8O4. The third-order valence-electron chi connectivity index (χ3n) is 8.14. The third kappa shape index (κ3) is 7.98. The number of urea groups is 1. The van der Waals surface area contributed by atoms with Gasteiger partial charge in [-0.25, -0.2) is 10.2 Å². The lowest BCUT2D eigenvalue weighted by Crippen LogP contribution is -2.55. The van der Waals surface area contributed by atoms with E-state index in [9.17, 15) is 19.5 Å². The number of benzene rings is 3. The summed E-state index contributed by atoms with van der Waals surface area (Å²) < 4.78 is 0. The molecule has 3 aromatic carbocycles. The Morgan fingerprint density at radius 2 is 1.70 bits per heavy atom. The number of nitrogens with zero attached hydrogens (tertiary/aromatic N) is 2. The van der Waals surface area contributed by atoms with Gasteiger partial charge in [-0.05, 0) is 76.0 Å². The van der Waals surface area contributed by atoms with Crippen LogP contribution >= 0.6 is 0 Å². The van der Waals surface area contributed by atoms with Crippen molar-refractivity contribution < 1.29 is 19.5 Å². The molecule has 5 rings (SSSR count). The molecule has 0 spiro atoms. The van der Waals surface area contributed by atoms with Crippen molar-refractivity contribution >= 4 is 34.9 Å². The van der Waals surface area contributed by atoms with E-state index in [2.05, 4.69) is 32.1 Å². The van der Waals surface area contributed by atoms with Crippen LogP contribution in [0.5, 0.6) is 0 Å². The molecule has 0 bridgehead atoms. The zero-order valence-electron chi connectivity index (χ0n) is 27.0. The predicted octanol–water partition coefficient (Wildman–Crippen LogP) is 3.63. The molecule has 47 heavy (non-hydrogen) atoms. The molecule has 2 aliphatic heterocycles. The van der Waals surface area contributed by atoms with E-state index in [0.29, 0.717) is 30.0 Å². The third-order valence-corrected chi connectivity index (χ3v) is 8.14. The summed E-state index contributed by atoms with van der Waals surface area (Å²) >= 11 is 0. The van der Waals surface area contributed by atoms with Crippen molar-refractivity contribution in [1.82, 2.24) is 26.0 Å². The molecule has 0 fully saturated rings. The van der Waals surface area contributed by atoms with Crippen molar-refractivity contribution in [3.8, 4) is 0 Å². The SMILES string of the molecule is CN(C)C/C=C/C(=O)Nc1ccc(C(=O)Nc2cccc(NC3NNC4=C3CN(C(=O)N[C@H](CO)c3ccccc3)C4(C)C)c2)cc1. The predicted molar refractivity (Wildman–Crippen MR) is 183 cm³/mol. The molecule has 0 saturated carbocycles. The second-order valence-electron chi connectivity index (χ2n) is 12.3. The highest BCUT2D eigenvalue weighted by molar-refractivity contribution is 6.05. The molecule has 7 N–H and O–H groups in total. The number of hydrogen-bond donors (Lipinski definition) is 7. The first-order valence-electron chi connectivity index (χ1n) is 15.4. The zero-order chi connectivity index (χ0) is 33.6. The first kappa shape index (κ1) is 33.2. The van der Waals surface area contributed by atoms with Gasteiger partial charge in [0, 0.05) is 47.4 Å². The lowest BCUT2D eigenvalue weighted by molar-refractivity contribution is -0.111. The van der Waals surface area contributed by atoms with Gasteiger partial charge in [-0.3, -0.25) is 9.59 Å². The van der Waals surface area contributed by atoms with E-state index in [1.807, 2.05) is 81.4 Å². The molecule has 2 heterocycles. The molecule has 12 heteroatoms. The second-order valence-corrected chi connectivity index (χ2v) is 12.3. The van der Waals surface area contributed by atoms with Crippen LogP contribution < -0.4 is 32.1 Å². The van der Waals surface area contributed by atoms with Crippen molar-refractivity contribution in [2.24, 2.45) is 0 Å². The van der Waals surface area contributed by atoms with E-state index in [1.54, 1.807) is 41.3 Å². The summed E-state index contributed by atoms with van der Waals surface area (Å²) in [5, 5.41) is 22.1. The zero-order valence-corrected chi connectivity index (χ0v) is 27.0. The molecular weight excluding hydrogens is 596 g/mol. The van der Waals surface area contributed by atoms with Crippen molar-refractivity contribution in [1.29, 1.82) is 0 Å². The van der Waals surface area contributed by atoms with Gasteiger partial charge >= 0.3 is 6.03 Å². The number of rotatable bonds is 11. The molecule has 3 aromatic rings. The Labute approximate surface area is 274 Å². The van der Waals surface area contributed by atoms with Crippen molar-refractivity contribution in [2.45, 2.75) is 31.6 Å². The van der Waals surface area contributed by atoms with Crippen LogP contribution in [0.3, 0.4) is 0 Å². The fraction of sp³-hybridized carbons (Fsp3) is 0.286. The maximum Gasteiger partial charge on any atom is 0.319 e. The van der Waals surface area contributed by atoms with Gasteiger partial charge in [0.05, 0.1) is 23.9 Å². The van der Waals surface area contributed by atoms with Crippen LogP contribution in [0, 0.1) is 0 Å². The molecule has 0 saturated heterocycles. The molecule has 2 atom stereocenters. The molecule has 0 aliphatic carbocycles. The highest BCUT2D eigenvalue weighted by atomic mass is 16.3. The summed E-state index contributed by atoms with van der Waals surface area (Å²) in [6.07, 6.45) is 2.95. The van der Waals surface area contributed by atoms with Gasteiger partial charge in [0.1, 0.15) is 6.17 Å². The highest BCUT2D eigenvalue weighted by Crippen LogP contribution is 2.37. The number of carbonyl (C=O) groups excluding carboxylic acids is 3. The Bertz CT molecular complexity index is 1650. The van der Waals surface area contributed by atoms with Gasteiger partial charge in [0.15, 0.2) is 0 Å². The van der Waals surface area contributed by atoms with Gasteiger partial charge in [-0.2, -0.15) is 0 Å². The van der Waals surface area contributed by atoms with Crippen molar-refractivity contribution in [2.75, 3.05) is 49.7 Å². The Balaban J connectivity index is 1.18. The van der Waals surface area contributed by atoms with Crippen LogP contribution in [0.25, 0.3) is 0 Å². The van der Waals surface area contributed by atoms with Crippen LogP contribution in [0.2, 0.25) is 0 Å². The number of anilines is 3. The lowest BCUT2D eigenvalue weighted by Gasteiger charge is -2.36. The summed E-state index contributed by atoms with van der Waals surface area (Å²) in [4.78, 5) is 42.2. The van der Waals surface area contributed by atoms with Gasteiger partial charge < -0.3 is 41.6 Å². The fourth-order valence-electron chi connectivity index (χ4n) is 5.59. The highest BCUT2D eigenvalue weighted by Gasteiger charge is 2.47. The van der Waals surface area contributed by atoms with Crippen molar-refractivity contribution in [3.05, 3.63) is 113 Å². The largest absolute Gasteiger partial charge is 0.394 e. The van der Waals surface area contributed by atoms with Crippen LogP contribution in [-0.4, -0.2) is 78.2 Å². The minimum Gasteiger partial charge on any atom is -0.394 e. The number of aliphatic hydroxyl groups is 1. The normalized spacial score (nSPS) is 17.3. The maximum atomic E-state index is 13.4. The minimum absolute atomic E-state index is 0.215. The number of aliphatic hydroxyl groups excluding tert-OH is 1. The fourth-order valence-corrected chi connectivity index (χ4v) is 5.59. The van der Waals surface area contributed by atoms with E-state index in [-0.39, 0.29) is 30.6 Å². The summed E-state index contributed by atoms with van der Waals surface area (Å²) in [5.41, 5.74) is 11.0. The summed E-state index contributed by atoms with van der Waals surface area (Å²) in [7, 11) is 3.85. The number of hydrazine groups is 1. The van der Waals surface area contributed by atoms with Crippen LogP contribution in [0.1, 0.15) is 35.8 Å². The molecule has 12 nitrogen and oxygen atoms in total. The van der Waals surface area contributed by atoms with Gasteiger partial charge in [0.2, 0.25) is 5.91 Å². The summed E-state index contributed by atoms with van der Waals surface area (Å²) in [6, 6.07) is 22.7. The van der Waals surface area contributed by atoms with E-state index in [0.717, 1.165) is 22.5 Å². The Kier molecular flexibility index (Phi) is 10.2. The quantitative estimate of drug-likeness (QED) is 0.158. The summed E-state index contributed by atoms with van der Waals surface area (Å²) in [6.45, 7) is 4.77. The van der Waals surface area contributed by atoms with E-state index in [4.69, 9.17) is 0 Å². The second kappa shape index (κ2) is 14.5.